The molecule has 1 heterocycles. The Morgan fingerprint density at radius 2 is 2.26 bits per heavy atom. The molecule has 0 bridgehead atoms. The van der Waals surface area contributed by atoms with Gasteiger partial charge in [-0.25, -0.2) is 4.98 Å². The number of aliphatic hydroxyl groups excluding tert-OH is 1. The number of hydrogen-bond donors (Lipinski definition) is 2. The highest BCUT2D eigenvalue weighted by Gasteiger charge is 2.37. The summed E-state index contributed by atoms with van der Waals surface area (Å²) in [6.07, 6.45) is 5.59. The van der Waals surface area contributed by atoms with Crippen LogP contribution in [0.1, 0.15) is 41.5 Å². The first-order valence-electron chi connectivity index (χ1n) is 9.40. The summed E-state index contributed by atoms with van der Waals surface area (Å²) < 4.78 is 7.53. The van der Waals surface area contributed by atoms with E-state index in [2.05, 4.69) is 4.98 Å². The van der Waals surface area contributed by atoms with Crippen LogP contribution in [0.3, 0.4) is 0 Å². The van der Waals surface area contributed by atoms with Crippen molar-refractivity contribution in [1.29, 1.82) is 0 Å². The zero-order valence-electron chi connectivity index (χ0n) is 15.9. The molecule has 2 aromatic rings. The lowest BCUT2D eigenvalue weighted by atomic mass is 9.86. The molecular formula is C20H28N4O3. The molecule has 1 aromatic carbocycles. The number of nitrogens with two attached hydrogens (primary N) is 1. The van der Waals surface area contributed by atoms with Gasteiger partial charge in [-0.2, -0.15) is 0 Å². The third-order valence-electron chi connectivity index (χ3n) is 5.29. The molecule has 146 valence electrons. The number of amides is 1. The molecule has 0 unspecified atom stereocenters. The first-order chi connectivity index (χ1) is 13.0. The van der Waals surface area contributed by atoms with Gasteiger partial charge in [0.2, 0.25) is 0 Å². The molecule has 0 aliphatic heterocycles. The predicted molar refractivity (Wildman–Crippen MR) is 103 cm³/mol. The average Bonchev–Trinajstić information content (AvgIpc) is 3.11. The van der Waals surface area contributed by atoms with E-state index in [-0.39, 0.29) is 18.0 Å². The van der Waals surface area contributed by atoms with E-state index in [1.165, 1.54) is 0 Å². The van der Waals surface area contributed by atoms with Crippen LogP contribution in [0.4, 0.5) is 0 Å². The van der Waals surface area contributed by atoms with Crippen molar-refractivity contribution in [3.63, 3.8) is 0 Å². The number of benzene rings is 1. The van der Waals surface area contributed by atoms with Gasteiger partial charge in [-0.15, -0.1) is 0 Å². The summed E-state index contributed by atoms with van der Waals surface area (Å²) >= 11 is 0. The van der Waals surface area contributed by atoms with Crippen molar-refractivity contribution in [2.24, 2.45) is 5.73 Å². The van der Waals surface area contributed by atoms with Gasteiger partial charge in [-0.3, -0.25) is 4.79 Å². The van der Waals surface area contributed by atoms with Gasteiger partial charge in [-0.1, -0.05) is 6.07 Å². The number of carbonyl (C=O) groups is 1. The molecule has 3 N–H and O–H groups in total. The van der Waals surface area contributed by atoms with Crippen LogP contribution < -0.4 is 10.5 Å². The Bertz CT molecular complexity index is 776. The molecule has 1 amide bonds. The van der Waals surface area contributed by atoms with Crippen LogP contribution in [0.5, 0.6) is 5.75 Å². The van der Waals surface area contributed by atoms with Gasteiger partial charge < -0.3 is 25.0 Å². The van der Waals surface area contributed by atoms with Crippen molar-refractivity contribution in [2.45, 2.75) is 44.4 Å². The minimum atomic E-state index is -0.641. The Balaban J connectivity index is 1.75. The molecule has 0 saturated heterocycles. The summed E-state index contributed by atoms with van der Waals surface area (Å²) in [5, 5.41) is 11.0. The fraction of sp³-hybridized carbons (Fsp3) is 0.500. The van der Waals surface area contributed by atoms with E-state index in [9.17, 15) is 9.90 Å². The summed E-state index contributed by atoms with van der Waals surface area (Å²) in [6, 6.07) is 6.77. The second kappa shape index (κ2) is 8.54. The topological polar surface area (TPSA) is 93.6 Å². The number of aromatic nitrogens is 2. The van der Waals surface area contributed by atoms with Crippen molar-refractivity contribution in [2.75, 3.05) is 20.2 Å². The fourth-order valence-electron chi connectivity index (χ4n) is 3.85. The summed E-state index contributed by atoms with van der Waals surface area (Å²) in [6.45, 7) is 2.75. The Hall–Kier alpha value is -2.38. The van der Waals surface area contributed by atoms with Crippen LogP contribution in [0.25, 0.3) is 0 Å². The Kier molecular flexibility index (Phi) is 6.13. The van der Waals surface area contributed by atoms with Crippen molar-refractivity contribution >= 4 is 5.91 Å². The van der Waals surface area contributed by atoms with Gasteiger partial charge in [-0.05, 0) is 44.4 Å². The van der Waals surface area contributed by atoms with E-state index in [1.807, 2.05) is 17.7 Å². The maximum atomic E-state index is 13.0. The minimum Gasteiger partial charge on any atom is -0.492 e. The number of ether oxygens (including phenoxy) is 1. The van der Waals surface area contributed by atoms with Crippen molar-refractivity contribution < 1.29 is 14.6 Å². The highest BCUT2D eigenvalue weighted by atomic mass is 16.5. The zero-order valence-corrected chi connectivity index (χ0v) is 15.9. The van der Waals surface area contributed by atoms with E-state index >= 15 is 0 Å². The lowest BCUT2D eigenvalue weighted by Crippen LogP contribution is -2.50. The summed E-state index contributed by atoms with van der Waals surface area (Å²) in [5.74, 6) is 1.37. The number of likely N-dealkylation sites (N-methyl/N-ethyl adjacent to an activating group) is 1. The SMILES string of the molecule is Cc1nccn1[C@@H]1CCC[C@@H](N(C)C(=O)c2cccc(OCCN)c2)[C@H]1O. The van der Waals surface area contributed by atoms with Gasteiger partial charge in [0.25, 0.3) is 5.91 Å². The average molecular weight is 372 g/mol. The zero-order chi connectivity index (χ0) is 19.4. The highest BCUT2D eigenvalue weighted by molar-refractivity contribution is 5.94. The molecule has 1 aliphatic rings. The first kappa shape index (κ1) is 19.4. The van der Waals surface area contributed by atoms with Crippen LogP contribution in [0.15, 0.2) is 36.7 Å². The Morgan fingerprint density at radius 3 is 2.96 bits per heavy atom. The molecular weight excluding hydrogens is 344 g/mol. The lowest BCUT2D eigenvalue weighted by Gasteiger charge is -2.40. The summed E-state index contributed by atoms with van der Waals surface area (Å²) in [4.78, 5) is 18.9. The van der Waals surface area contributed by atoms with Crippen LogP contribution in [0, 0.1) is 6.92 Å². The molecule has 1 aromatic heterocycles. The molecule has 27 heavy (non-hydrogen) atoms. The first-order valence-corrected chi connectivity index (χ1v) is 9.40. The van der Waals surface area contributed by atoms with Gasteiger partial charge in [0, 0.05) is 31.5 Å². The molecule has 1 saturated carbocycles. The standard InChI is InChI=1S/C20H28N4O3/c1-14-22-10-11-24(14)18-8-4-7-17(19(18)25)23(2)20(26)15-5-3-6-16(13-15)27-12-9-21/h3,5-6,10-11,13,17-19,25H,4,7-9,12,21H2,1-2H3/t17-,18-,19-/m1/s1. The number of imidazole rings is 1. The number of carbonyl (C=O) groups excluding carboxylic acids is 1. The van der Waals surface area contributed by atoms with Gasteiger partial charge in [0.1, 0.15) is 18.2 Å². The predicted octanol–water partition coefficient (Wildman–Crippen LogP) is 1.76. The summed E-state index contributed by atoms with van der Waals surface area (Å²) in [5.41, 5.74) is 6.01. The molecule has 1 aliphatic carbocycles. The number of rotatable bonds is 6. The van der Waals surface area contributed by atoms with E-state index in [4.69, 9.17) is 10.5 Å². The third kappa shape index (κ3) is 4.14. The monoisotopic (exact) mass is 372 g/mol. The highest BCUT2D eigenvalue weighted by Crippen LogP contribution is 2.32. The van der Waals surface area contributed by atoms with E-state index in [1.54, 1.807) is 42.4 Å². The second-order valence-electron chi connectivity index (χ2n) is 7.02. The lowest BCUT2D eigenvalue weighted by molar-refractivity contribution is -0.00129. The largest absolute Gasteiger partial charge is 0.492 e. The molecule has 7 nitrogen and oxygen atoms in total. The van der Waals surface area contributed by atoms with Gasteiger partial charge in [0.05, 0.1) is 18.2 Å². The number of nitrogens with zero attached hydrogens (tertiary/aromatic N) is 3. The molecule has 1 fully saturated rings. The van der Waals surface area contributed by atoms with E-state index in [0.717, 1.165) is 25.1 Å². The van der Waals surface area contributed by atoms with Crippen molar-refractivity contribution in [1.82, 2.24) is 14.5 Å². The van der Waals surface area contributed by atoms with E-state index < -0.39 is 6.10 Å². The molecule has 0 spiro atoms. The van der Waals surface area contributed by atoms with Gasteiger partial charge in [0.15, 0.2) is 0 Å². The second-order valence-corrected chi connectivity index (χ2v) is 7.02. The van der Waals surface area contributed by atoms with Crippen LogP contribution in [-0.2, 0) is 0 Å². The van der Waals surface area contributed by atoms with Crippen molar-refractivity contribution in [3.8, 4) is 5.75 Å². The molecule has 0 radical (unpaired) electrons. The number of aryl methyl sites for hydroxylation is 1. The molecule has 3 atom stereocenters. The van der Waals surface area contributed by atoms with Crippen LogP contribution in [0.2, 0.25) is 0 Å². The molecule has 7 heteroatoms. The summed E-state index contributed by atoms with van der Waals surface area (Å²) in [7, 11) is 1.76. The fourth-order valence-corrected chi connectivity index (χ4v) is 3.85. The molecule has 3 rings (SSSR count). The van der Waals surface area contributed by atoms with Crippen LogP contribution >= 0.6 is 0 Å². The van der Waals surface area contributed by atoms with E-state index in [0.29, 0.717) is 24.5 Å². The van der Waals surface area contributed by atoms with Crippen molar-refractivity contribution in [3.05, 3.63) is 48.0 Å². The Morgan fingerprint density at radius 1 is 1.44 bits per heavy atom. The Labute approximate surface area is 159 Å². The maximum absolute atomic E-state index is 13.0. The quantitative estimate of drug-likeness (QED) is 0.806. The maximum Gasteiger partial charge on any atom is 0.254 e. The third-order valence-corrected chi connectivity index (χ3v) is 5.29. The van der Waals surface area contributed by atoms with Gasteiger partial charge >= 0.3 is 0 Å². The number of hydrogen-bond acceptors (Lipinski definition) is 5. The number of aliphatic hydroxyl groups is 1. The van der Waals surface area contributed by atoms with Crippen LogP contribution in [-0.4, -0.2) is 57.8 Å². The normalized spacial score (nSPS) is 22.4. The smallest absolute Gasteiger partial charge is 0.254 e. The minimum absolute atomic E-state index is 0.0688.